The summed E-state index contributed by atoms with van der Waals surface area (Å²) in [6, 6.07) is 7.15. The number of carbonyl (C=O) groups is 2. The zero-order chi connectivity index (χ0) is 18.0. The molecule has 3 rings (SSSR count). The Morgan fingerprint density at radius 1 is 1.36 bits per heavy atom. The first-order valence-corrected chi connectivity index (χ1v) is 8.79. The van der Waals surface area contributed by atoms with Gasteiger partial charge in [-0.3, -0.25) is 4.79 Å². The third kappa shape index (κ3) is 4.13. The van der Waals surface area contributed by atoms with E-state index in [1.807, 2.05) is 37.4 Å². The van der Waals surface area contributed by atoms with Crippen LogP contribution >= 0.6 is 0 Å². The van der Waals surface area contributed by atoms with Crippen molar-refractivity contribution in [3.63, 3.8) is 0 Å². The fraction of sp³-hybridized carbons (Fsp3) is 0.474. The fourth-order valence-electron chi connectivity index (χ4n) is 3.57. The van der Waals surface area contributed by atoms with Gasteiger partial charge in [-0.15, -0.1) is 0 Å². The molecule has 1 aromatic carbocycles. The molecular weight excluding hydrogens is 313 g/mol. The van der Waals surface area contributed by atoms with E-state index in [0.29, 0.717) is 6.42 Å². The largest absolute Gasteiger partial charge is 0.361 e. The van der Waals surface area contributed by atoms with Crippen LogP contribution in [0, 0.1) is 5.92 Å². The van der Waals surface area contributed by atoms with Crippen molar-refractivity contribution in [3.8, 4) is 0 Å². The van der Waals surface area contributed by atoms with Crippen LogP contribution in [0.2, 0.25) is 0 Å². The molecule has 1 saturated carbocycles. The number of carbonyl (C=O) groups excluding carboxylic acids is 2. The lowest BCUT2D eigenvalue weighted by atomic mass is 9.77. The molecular formula is C19H24BN3O2. The monoisotopic (exact) mass is 337 g/mol. The molecule has 0 saturated heterocycles. The van der Waals surface area contributed by atoms with Crippen molar-refractivity contribution < 1.29 is 9.59 Å². The first kappa shape index (κ1) is 17.7. The second-order valence-electron chi connectivity index (χ2n) is 7.46. The third-order valence-corrected chi connectivity index (χ3v) is 5.26. The molecule has 4 N–H and O–H groups in total. The molecule has 0 bridgehead atoms. The average molecular weight is 337 g/mol. The van der Waals surface area contributed by atoms with Crippen LogP contribution in [-0.4, -0.2) is 36.0 Å². The van der Waals surface area contributed by atoms with Gasteiger partial charge < -0.3 is 20.8 Å². The minimum absolute atomic E-state index is 0.0959. The maximum Gasteiger partial charge on any atom is 0.223 e. The molecule has 25 heavy (non-hydrogen) atoms. The molecule has 130 valence electrons. The highest BCUT2D eigenvalue weighted by Gasteiger charge is 2.32. The number of nitrogens with one attached hydrogen (secondary N) is 2. The molecule has 5 nitrogen and oxygen atoms in total. The highest BCUT2D eigenvalue weighted by molar-refractivity contribution is 6.59. The molecule has 1 amide bonds. The van der Waals surface area contributed by atoms with Gasteiger partial charge in [0.2, 0.25) is 5.91 Å². The Bertz CT molecular complexity index is 774. The zero-order valence-electron chi connectivity index (χ0n) is 14.5. The topological polar surface area (TPSA) is 88.0 Å². The van der Waals surface area contributed by atoms with Crippen LogP contribution in [0.3, 0.4) is 0 Å². The average Bonchev–Trinajstić information content (AvgIpc) is 2.97. The van der Waals surface area contributed by atoms with E-state index in [2.05, 4.69) is 10.3 Å². The van der Waals surface area contributed by atoms with E-state index in [0.717, 1.165) is 42.1 Å². The van der Waals surface area contributed by atoms with E-state index in [4.69, 9.17) is 13.6 Å². The summed E-state index contributed by atoms with van der Waals surface area (Å²) in [5, 5.41) is 3.89. The molecule has 0 unspecified atom stereocenters. The zero-order valence-corrected chi connectivity index (χ0v) is 14.5. The Kier molecular flexibility index (Phi) is 5.00. The number of para-hydroxylation sites is 1. The predicted octanol–water partition coefficient (Wildman–Crippen LogP) is 1.80. The third-order valence-electron chi connectivity index (χ3n) is 5.26. The molecule has 2 aromatic rings. The summed E-state index contributed by atoms with van der Waals surface area (Å²) in [7, 11) is 5.53. The molecule has 0 aliphatic heterocycles. The predicted molar refractivity (Wildman–Crippen MR) is 99.2 cm³/mol. The van der Waals surface area contributed by atoms with Crippen LogP contribution < -0.4 is 11.1 Å². The van der Waals surface area contributed by atoms with E-state index >= 15 is 0 Å². The van der Waals surface area contributed by atoms with Gasteiger partial charge in [0.1, 0.15) is 0 Å². The Morgan fingerprint density at radius 3 is 2.72 bits per heavy atom. The highest BCUT2D eigenvalue weighted by Crippen LogP contribution is 2.30. The SMILES string of the molecule is [B]C(=O)[C@@H](Cc1c[nH]c2ccccc12)NC(=O)C1CCC(C)(N)CC1. The van der Waals surface area contributed by atoms with Crippen LogP contribution in [0.1, 0.15) is 38.2 Å². The van der Waals surface area contributed by atoms with Gasteiger partial charge in [0.15, 0.2) is 7.85 Å². The van der Waals surface area contributed by atoms with Gasteiger partial charge in [-0.25, -0.2) is 0 Å². The smallest absolute Gasteiger partial charge is 0.223 e. The molecule has 1 aliphatic carbocycles. The molecule has 1 aliphatic rings. The summed E-state index contributed by atoms with van der Waals surface area (Å²) in [6.45, 7) is 2.02. The van der Waals surface area contributed by atoms with E-state index in [1.54, 1.807) is 0 Å². The van der Waals surface area contributed by atoms with Crippen molar-refractivity contribution in [1.29, 1.82) is 0 Å². The molecule has 6 heteroatoms. The molecule has 1 atom stereocenters. The first-order chi connectivity index (χ1) is 11.9. The lowest BCUT2D eigenvalue weighted by molar-refractivity contribution is -0.129. The summed E-state index contributed by atoms with van der Waals surface area (Å²) in [5.74, 6) is -0.194. The summed E-state index contributed by atoms with van der Waals surface area (Å²) >= 11 is 0. The number of benzene rings is 1. The van der Waals surface area contributed by atoms with E-state index in [9.17, 15) is 9.59 Å². The second-order valence-corrected chi connectivity index (χ2v) is 7.46. The quantitative estimate of drug-likeness (QED) is 0.727. The number of H-pyrrole nitrogens is 1. The second kappa shape index (κ2) is 7.04. The molecule has 2 radical (unpaired) electrons. The first-order valence-electron chi connectivity index (χ1n) is 8.79. The Morgan fingerprint density at radius 2 is 2.04 bits per heavy atom. The van der Waals surface area contributed by atoms with Crippen molar-refractivity contribution in [2.24, 2.45) is 11.7 Å². The van der Waals surface area contributed by atoms with Gasteiger partial charge in [0.25, 0.3) is 0 Å². The molecule has 1 aromatic heterocycles. The summed E-state index contributed by atoms with van der Waals surface area (Å²) < 4.78 is 0. The highest BCUT2D eigenvalue weighted by atomic mass is 16.2. The van der Waals surface area contributed by atoms with Crippen molar-refractivity contribution in [1.82, 2.24) is 10.3 Å². The summed E-state index contributed by atoms with van der Waals surface area (Å²) in [6.07, 6.45) is 5.37. The number of rotatable bonds is 5. The molecule has 0 spiro atoms. The van der Waals surface area contributed by atoms with Crippen LogP contribution in [0.5, 0.6) is 0 Å². The minimum atomic E-state index is -0.710. The Balaban J connectivity index is 1.67. The Labute approximate surface area is 149 Å². The fourth-order valence-corrected chi connectivity index (χ4v) is 3.57. The number of aromatic nitrogens is 1. The van der Waals surface area contributed by atoms with Crippen molar-refractivity contribution in [2.75, 3.05) is 0 Å². The lowest BCUT2D eigenvalue weighted by Gasteiger charge is -2.34. The van der Waals surface area contributed by atoms with Crippen LogP contribution in [0.15, 0.2) is 30.5 Å². The number of amides is 1. The van der Waals surface area contributed by atoms with Crippen LogP contribution in [0.4, 0.5) is 0 Å². The van der Waals surface area contributed by atoms with E-state index < -0.39 is 11.7 Å². The van der Waals surface area contributed by atoms with Gasteiger partial charge in [-0.05, 0) is 44.2 Å². The van der Waals surface area contributed by atoms with Gasteiger partial charge in [0, 0.05) is 35.0 Å². The van der Waals surface area contributed by atoms with E-state index in [1.165, 1.54) is 0 Å². The summed E-state index contributed by atoms with van der Waals surface area (Å²) in [5.41, 5.74) is 7.39. The van der Waals surface area contributed by atoms with Crippen molar-refractivity contribution in [3.05, 3.63) is 36.0 Å². The van der Waals surface area contributed by atoms with Crippen molar-refractivity contribution >= 4 is 30.3 Å². The van der Waals surface area contributed by atoms with Crippen molar-refractivity contribution in [2.45, 2.75) is 50.6 Å². The Hall–Kier alpha value is -2.08. The number of hydrogen-bond acceptors (Lipinski definition) is 3. The van der Waals surface area contributed by atoms with Gasteiger partial charge in [-0.2, -0.15) is 0 Å². The standard InChI is InChI=1S/C19H24BN3O2/c1-19(21)8-6-12(7-9-19)18(25)23-16(17(20)24)10-13-11-22-15-5-3-2-4-14(13)15/h2-5,11-12,16,22H,6-10,21H2,1H3,(H,23,25)/t12?,16-,19?/m1/s1. The number of fused-ring (bicyclic) bond motifs is 1. The maximum absolute atomic E-state index is 12.5. The maximum atomic E-state index is 12.5. The molecule has 1 fully saturated rings. The number of hydrogen-bond donors (Lipinski definition) is 3. The normalized spacial score (nSPS) is 24.8. The number of nitrogens with two attached hydrogens (primary N) is 1. The summed E-state index contributed by atoms with van der Waals surface area (Å²) in [4.78, 5) is 27.6. The number of aromatic amines is 1. The van der Waals surface area contributed by atoms with Gasteiger partial charge in [0.05, 0.1) is 11.7 Å². The van der Waals surface area contributed by atoms with Gasteiger partial charge in [-0.1, -0.05) is 18.2 Å². The molecule has 1 heterocycles. The van der Waals surface area contributed by atoms with Gasteiger partial charge >= 0.3 is 0 Å². The lowest BCUT2D eigenvalue weighted by Crippen LogP contribution is -2.48. The minimum Gasteiger partial charge on any atom is -0.361 e. The van der Waals surface area contributed by atoms with Crippen LogP contribution in [-0.2, 0) is 16.0 Å². The van der Waals surface area contributed by atoms with E-state index in [-0.39, 0.29) is 17.4 Å². The van der Waals surface area contributed by atoms with Crippen LogP contribution in [0.25, 0.3) is 10.9 Å².